The number of rotatable bonds is 11. The highest BCUT2D eigenvalue weighted by molar-refractivity contribution is 5.99. The normalized spacial score (nSPS) is 18.5. The van der Waals surface area contributed by atoms with Gasteiger partial charge in [0.05, 0.1) is 48.4 Å². The van der Waals surface area contributed by atoms with E-state index in [-0.39, 0.29) is 18.3 Å². The fourth-order valence-electron chi connectivity index (χ4n) is 6.28. The standard InChI is InChI=1S/C35H35N11O5/c47-19-28(48)42-26-14-27(31(50)30(26)49)45-20-38-29-32(37-17-25(21-8-3-1-4-9-21)22-10-5-2-6-11-22)43-34(44-33(29)45)46-18-24(16-39-46)41-35(51)40-23-12-7-13-36-15-23/h1-13,15-16,18,20,25-27,30-31,47,49-50H,14,17,19H2,(H,42,48)(H,37,43,44)(H2,40,41,51)/t26-,27+,30+,31-/m0/s1. The van der Waals surface area contributed by atoms with Crippen LogP contribution in [0.4, 0.5) is 22.0 Å². The highest BCUT2D eigenvalue weighted by Crippen LogP contribution is 2.35. The van der Waals surface area contributed by atoms with E-state index in [0.717, 1.165) is 11.1 Å². The number of carbonyl (C=O) groups excluding carboxylic acids is 2. The Bertz CT molecular complexity index is 2070. The Kier molecular flexibility index (Phi) is 9.60. The largest absolute Gasteiger partial charge is 0.388 e. The highest BCUT2D eigenvalue weighted by Gasteiger charge is 2.44. The van der Waals surface area contributed by atoms with E-state index in [4.69, 9.17) is 9.97 Å². The topological polar surface area (TPSA) is 217 Å². The second-order valence-electron chi connectivity index (χ2n) is 12.1. The third-order valence-corrected chi connectivity index (χ3v) is 8.75. The smallest absolute Gasteiger partial charge is 0.323 e. The van der Waals surface area contributed by atoms with Crippen LogP contribution in [0.5, 0.6) is 0 Å². The monoisotopic (exact) mass is 689 g/mol. The lowest BCUT2D eigenvalue weighted by Crippen LogP contribution is -2.44. The molecule has 4 heterocycles. The lowest BCUT2D eigenvalue weighted by atomic mass is 9.91. The van der Waals surface area contributed by atoms with Crippen LogP contribution < -0.4 is 21.3 Å². The van der Waals surface area contributed by atoms with Crippen molar-refractivity contribution in [1.82, 2.24) is 39.6 Å². The van der Waals surface area contributed by atoms with Gasteiger partial charge in [-0.15, -0.1) is 0 Å². The van der Waals surface area contributed by atoms with Crippen LogP contribution in [0.1, 0.15) is 29.5 Å². The molecule has 1 fully saturated rings. The Morgan fingerprint density at radius 2 is 1.61 bits per heavy atom. The molecular formula is C35H35N11O5. The SMILES string of the molecule is O=C(CO)N[C@H]1C[C@@H](n2cnc3c(NCC(c4ccccc4)c4ccccc4)nc(-n4cc(NC(=O)Nc5cccnc5)cn4)nc32)[C@H](O)[C@@H]1O. The third kappa shape index (κ3) is 7.23. The maximum absolute atomic E-state index is 12.6. The summed E-state index contributed by atoms with van der Waals surface area (Å²) in [6.07, 6.45) is 5.21. The van der Waals surface area contributed by atoms with Gasteiger partial charge in [0.25, 0.3) is 5.95 Å². The molecule has 1 aliphatic rings. The number of aliphatic hydroxyl groups is 3. The molecule has 6 aromatic rings. The summed E-state index contributed by atoms with van der Waals surface area (Å²) >= 11 is 0. The van der Waals surface area contributed by atoms with Gasteiger partial charge in [0, 0.05) is 18.7 Å². The molecule has 16 nitrogen and oxygen atoms in total. The number of carbonyl (C=O) groups is 2. The number of pyridine rings is 1. The Labute approximate surface area is 291 Å². The quantitative estimate of drug-likeness (QED) is 0.105. The summed E-state index contributed by atoms with van der Waals surface area (Å²) < 4.78 is 3.04. The second-order valence-corrected chi connectivity index (χ2v) is 12.1. The number of amides is 3. The first-order valence-electron chi connectivity index (χ1n) is 16.3. The molecule has 4 aromatic heterocycles. The summed E-state index contributed by atoms with van der Waals surface area (Å²) in [5.74, 6) is -0.184. The van der Waals surface area contributed by atoms with E-state index in [1.165, 1.54) is 23.4 Å². The Morgan fingerprint density at radius 3 is 2.29 bits per heavy atom. The molecule has 0 unspecified atom stereocenters. The first-order chi connectivity index (χ1) is 24.9. The third-order valence-electron chi connectivity index (χ3n) is 8.75. The van der Waals surface area contributed by atoms with Gasteiger partial charge < -0.3 is 41.2 Å². The molecule has 0 spiro atoms. The van der Waals surface area contributed by atoms with Crippen LogP contribution in [0.15, 0.2) is 104 Å². The van der Waals surface area contributed by atoms with Crippen molar-refractivity contribution in [3.05, 3.63) is 115 Å². The van der Waals surface area contributed by atoms with Crippen molar-refractivity contribution >= 4 is 40.3 Å². The molecule has 0 saturated heterocycles. The molecule has 7 rings (SSSR count). The number of urea groups is 1. The first-order valence-corrected chi connectivity index (χ1v) is 16.3. The van der Waals surface area contributed by atoms with E-state index in [2.05, 4.69) is 60.6 Å². The van der Waals surface area contributed by atoms with Gasteiger partial charge in [0.2, 0.25) is 5.91 Å². The summed E-state index contributed by atoms with van der Waals surface area (Å²) in [6.45, 7) is -0.310. The number of hydrogen-bond acceptors (Lipinski definition) is 11. The number of nitrogens with one attached hydrogen (secondary N) is 4. The van der Waals surface area contributed by atoms with E-state index < -0.39 is 42.8 Å². The number of benzene rings is 2. The molecule has 51 heavy (non-hydrogen) atoms. The second kappa shape index (κ2) is 14.7. The van der Waals surface area contributed by atoms with E-state index in [9.17, 15) is 24.9 Å². The van der Waals surface area contributed by atoms with Gasteiger partial charge in [-0.05, 0) is 29.7 Å². The number of aliphatic hydroxyl groups excluding tert-OH is 3. The predicted molar refractivity (Wildman–Crippen MR) is 187 cm³/mol. The van der Waals surface area contributed by atoms with E-state index >= 15 is 0 Å². The summed E-state index contributed by atoms with van der Waals surface area (Å²) in [7, 11) is 0. The molecule has 7 N–H and O–H groups in total. The van der Waals surface area contributed by atoms with Gasteiger partial charge >= 0.3 is 6.03 Å². The number of nitrogens with zero attached hydrogens (tertiary/aromatic N) is 7. The molecule has 260 valence electrons. The molecule has 0 aliphatic heterocycles. The van der Waals surface area contributed by atoms with E-state index in [1.807, 2.05) is 36.4 Å². The Morgan fingerprint density at radius 1 is 0.882 bits per heavy atom. The minimum atomic E-state index is -1.29. The maximum atomic E-state index is 12.6. The average molecular weight is 690 g/mol. The lowest BCUT2D eigenvalue weighted by molar-refractivity contribution is -0.125. The number of hydrogen-bond donors (Lipinski definition) is 7. The van der Waals surface area contributed by atoms with Gasteiger partial charge in [-0.1, -0.05) is 60.7 Å². The fourth-order valence-corrected chi connectivity index (χ4v) is 6.28. The Balaban J connectivity index is 1.23. The fraction of sp³-hybridized carbons (Fsp3) is 0.229. The Hall–Kier alpha value is -6.23. The molecule has 4 atom stereocenters. The van der Waals surface area contributed by atoms with Gasteiger partial charge in [-0.3, -0.25) is 9.78 Å². The van der Waals surface area contributed by atoms with Crippen molar-refractivity contribution in [3.63, 3.8) is 0 Å². The summed E-state index contributed by atoms with van der Waals surface area (Å²) in [4.78, 5) is 42.7. The molecule has 3 amide bonds. The molecule has 0 radical (unpaired) electrons. The van der Waals surface area contributed by atoms with Gasteiger partial charge in [-0.25, -0.2) is 14.5 Å². The average Bonchev–Trinajstić information content (AvgIpc) is 3.87. The van der Waals surface area contributed by atoms with Crippen LogP contribution in [-0.2, 0) is 4.79 Å². The molecule has 0 bridgehead atoms. The van der Waals surface area contributed by atoms with Crippen LogP contribution >= 0.6 is 0 Å². The minimum absolute atomic E-state index is 0.0514. The van der Waals surface area contributed by atoms with Gasteiger partial charge in [0.15, 0.2) is 17.0 Å². The number of aromatic nitrogens is 7. The van der Waals surface area contributed by atoms with Crippen molar-refractivity contribution in [3.8, 4) is 5.95 Å². The minimum Gasteiger partial charge on any atom is -0.388 e. The molecule has 1 aliphatic carbocycles. The number of fused-ring (bicyclic) bond motifs is 1. The van der Waals surface area contributed by atoms with Gasteiger partial charge in [-0.2, -0.15) is 15.1 Å². The summed E-state index contributed by atoms with van der Waals surface area (Å²) in [5.41, 5.74) is 3.82. The zero-order chi connectivity index (χ0) is 35.3. The van der Waals surface area contributed by atoms with Crippen LogP contribution in [0.2, 0.25) is 0 Å². The van der Waals surface area contributed by atoms with Crippen LogP contribution in [-0.4, -0.2) is 92.9 Å². The highest BCUT2D eigenvalue weighted by atomic mass is 16.3. The summed E-state index contributed by atoms with van der Waals surface area (Å²) in [6, 6.07) is 21.5. The first kappa shape index (κ1) is 33.3. The van der Waals surface area contributed by atoms with Gasteiger partial charge in [0.1, 0.15) is 18.8 Å². The molecule has 2 aromatic carbocycles. The van der Waals surface area contributed by atoms with Crippen molar-refractivity contribution in [1.29, 1.82) is 0 Å². The summed E-state index contributed by atoms with van der Waals surface area (Å²) in [5, 5.41) is 47.0. The maximum Gasteiger partial charge on any atom is 0.323 e. The number of imidazole rings is 1. The molecule has 1 saturated carbocycles. The van der Waals surface area contributed by atoms with E-state index in [1.54, 1.807) is 29.1 Å². The molecular weight excluding hydrogens is 654 g/mol. The van der Waals surface area contributed by atoms with Crippen molar-refractivity contribution in [2.75, 3.05) is 29.1 Å². The zero-order valence-corrected chi connectivity index (χ0v) is 27.1. The van der Waals surface area contributed by atoms with Crippen LogP contribution in [0, 0.1) is 0 Å². The predicted octanol–water partition coefficient (Wildman–Crippen LogP) is 2.44. The van der Waals surface area contributed by atoms with Crippen LogP contribution in [0.25, 0.3) is 17.1 Å². The molecule has 16 heteroatoms. The lowest BCUT2D eigenvalue weighted by Gasteiger charge is -2.20. The van der Waals surface area contributed by atoms with E-state index in [0.29, 0.717) is 34.9 Å². The van der Waals surface area contributed by atoms with Crippen molar-refractivity contribution in [2.45, 2.75) is 36.6 Å². The zero-order valence-electron chi connectivity index (χ0n) is 27.1. The number of anilines is 3. The van der Waals surface area contributed by atoms with Crippen LogP contribution in [0.3, 0.4) is 0 Å². The van der Waals surface area contributed by atoms with Crippen molar-refractivity contribution < 1.29 is 24.9 Å². The van der Waals surface area contributed by atoms with Crippen molar-refractivity contribution in [2.24, 2.45) is 0 Å².